The maximum absolute atomic E-state index is 5.71. The summed E-state index contributed by atoms with van der Waals surface area (Å²) in [5.41, 5.74) is 1.13. The molecule has 2 rings (SSSR count). The van der Waals surface area contributed by atoms with Crippen molar-refractivity contribution >= 4 is 0 Å². The zero-order valence-electron chi connectivity index (χ0n) is 11.8. The highest BCUT2D eigenvalue weighted by Crippen LogP contribution is 2.21. The summed E-state index contributed by atoms with van der Waals surface area (Å²) < 4.78 is 7.85. The van der Waals surface area contributed by atoms with E-state index in [1.165, 1.54) is 12.8 Å². The van der Waals surface area contributed by atoms with Gasteiger partial charge in [-0.2, -0.15) is 0 Å². The molecule has 1 aromatic heterocycles. The molecule has 0 aliphatic carbocycles. The van der Waals surface area contributed by atoms with E-state index in [-0.39, 0.29) is 0 Å². The van der Waals surface area contributed by atoms with Gasteiger partial charge in [0.05, 0.1) is 6.61 Å². The zero-order chi connectivity index (χ0) is 13.5. The van der Waals surface area contributed by atoms with E-state index >= 15 is 0 Å². The molecule has 0 unspecified atom stereocenters. The second-order valence-electron chi connectivity index (χ2n) is 4.62. The SMILES string of the molecule is CCCCCOc1ccc(-c2nccn2CC)cc1. The Balaban J connectivity index is 1.98. The summed E-state index contributed by atoms with van der Waals surface area (Å²) >= 11 is 0. The lowest BCUT2D eigenvalue weighted by Crippen LogP contribution is -1.98. The van der Waals surface area contributed by atoms with E-state index in [1.807, 2.05) is 24.5 Å². The number of unbranched alkanes of at least 4 members (excludes halogenated alkanes) is 2. The fraction of sp³-hybridized carbons (Fsp3) is 0.438. The minimum atomic E-state index is 0.802. The van der Waals surface area contributed by atoms with Gasteiger partial charge in [-0.1, -0.05) is 19.8 Å². The molecule has 0 aliphatic heterocycles. The van der Waals surface area contributed by atoms with E-state index in [2.05, 4.69) is 35.5 Å². The van der Waals surface area contributed by atoms with Crippen LogP contribution in [0.15, 0.2) is 36.7 Å². The van der Waals surface area contributed by atoms with Gasteiger partial charge in [0.25, 0.3) is 0 Å². The van der Waals surface area contributed by atoms with Gasteiger partial charge in [0.2, 0.25) is 0 Å². The van der Waals surface area contributed by atoms with Crippen molar-refractivity contribution in [1.82, 2.24) is 9.55 Å². The number of nitrogens with zero attached hydrogens (tertiary/aromatic N) is 2. The van der Waals surface area contributed by atoms with Crippen LogP contribution in [0.1, 0.15) is 33.1 Å². The number of ether oxygens (including phenoxy) is 1. The predicted molar refractivity (Wildman–Crippen MR) is 78.4 cm³/mol. The summed E-state index contributed by atoms with van der Waals surface area (Å²) in [5, 5.41) is 0. The van der Waals surface area contributed by atoms with Crippen molar-refractivity contribution in [1.29, 1.82) is 0 Å². The normalized spacial score (nSPS) is 10.6. The minimum absolute atomic E-state index is 0.802. The van der Waals surface area contributed by atoms with Gasteiger partial charge < -0.3 is 9.30 Å². The Morgan fingerprint density at radius 2 is 1.89 bits per heavy atom. The molecule has 3 heteroatoms. The topological polar surface area (TPSA) is 27.1 Å². The van der Waals surface area contributed by atoms with Crippen LogP contribution in [-0.2, 0) is 6.54 Å². The van der Waals surface area contributed by atoms with E-state index in [4.69, 9.17) is 4.74 Å². The summed E-state index contributed by atoms with van der Waals surface area (Å²) in [6.07, 6.45) is 7.42. The van der Waals surface area contributed by atoms with E-state index in [0.717, 1.165) is 36.7 Å². The lowest BCUT2D eigenvalue weighted by Gasteiger charge is -2.08. The standard InChI is InChI=1S/C16H22N2O/c1-3-5-6-13-19-15-9-7-14(8-10-15)16-17-11-12-18(16)4-2/h7-12H,3-6,13H2,1-2H3. The Hall–Kier alpha value is -1.77. The van der Waals surface area contributed by atoms with Crippen LogP contribution in [0.5, 0.6) is 5.75 Å². The van der Waals surface area contributed by atoms with Gasteiger partial charge in [-0.25, -0.2) is 4.98 Å². The minimum Gasteiger partial charge on any atom is -0.494 e. The summed E-state index contributed by atoms with van der Waals surface area (Å²) in [7, 11) is 0. The molecule has 3 nitrogen and oxygen atoms in total. The fourth-order valence-corrected chi connectivity index (χ4v) is 2.07. The molecule has 0 N–H and O–H groups in total. The quantitative estimate of drug-likeness (QED) is 0.698. The number of rotatable bonds is 7. The lowest BCUT2D eigenvalue weighted by molar-refractivity contribution is 0.306. The fourth-order valence-electron chi connectivity index (χ4n) is 2.07. The van der Waals surface area contributed by atoms with Crippen LogP contribution < -0.4 is 4.74 Å². The highest BCUT2D eigenvalue weighted by molar-refractivity contribution is 5.56. The molecule has 0 aliphatic rings. The van der Waals surface area contributed by atoms with Crippen LogP contribution in [0, 0.1) is 0 Å². The molecular weight excluding hydrogens is 236 g/mol. The Kier molecular flexibility index (Phi) is 5.01. The van der Waals surface area contributed by atoms with E-state index in [1.54, 1.807) is 0 Å². The molecule has 0 atom stereocenters. The van der Waals surface area contributed by atoms with Crippen molar-refractivity contribution in [3.63, 3.8) is 0 Å². The van der Waals surface area contributed by atoms with Crippen molar-refractivity contribution in [3.8, 4) is 17.1 Å². The van der Waals surface area contributed by atoms with Gasteiger partial charge >= 0.3 is 0 Å². The molecule has 1 heterocycles. The largest absolute Gasteiger partial charge is 0.494 e. The first-order valence-corrected chi connectivity index (χ1v) is 7.09. The molecule has 0 saturated carbocycles. The molecule has 19 heavy (non-hydrogen) atoms. The molecule has 0 amide bonds. The molecule has 0 radical (unpaired) electrons. The molecule has 0 spiro atoms. The third kappa shape index (κ3) is 3.60. The highest BCUT2D eigenvalue weighted by atomic mass is 16.5. The van der Waals surface area contributed by atoms with E-state index in [9.17, 15) is 0 Å². The number of aryl methyl sites for hydroxylation is 1. The van der Waals surface area contributed by atoms with Gasteiger partial charge in [0, 0.05) is 24.5 Å². The van der Waals surface area contributed by atoms with Gasteiger partial charge in [-0.3, -0.25) is 0 Å². The zero-order valence-corrected chi connectivity index (χ0v) is 11.8. The Labute approximate surface area is 115 Å². The van der Waals surface area contributed by atoms with Crippen LogP contribution in [0.2, 0.25) is 0 Å². The molecule has 2 aromatic rings. The summed E-state index contributed by atoms with van der Waals surface area (Å²) in [5.74, 6) is 1.95. The second-order valence-corrected chi connectivity index (χ2v) is 4.62. The van der Waals surface area contributed by atoms with Crippen LogP contribution in [0.3, 0.4) is 0 Å². The van der Waals surface area contributed by atoms with Crippen molar-refractivity contribution in [2.75, 3.05) is 6.61 Å². The van der Waals surface area contributed by atoms with Crippen LogP contribution in [0.4, 0.5) is 0 Å². The lowest BCUT2D eigenvalue weighted by atomic mass is 10.2. The van der Waals surface area contributed by atoms with Crippen molar-refractivity contribution in [2.24, 2.45) is 0 Å². The van der Waals surface area contributed by atoms with Crippen LogP contribution in [0.25, 0.3) is 11.4 Å². The first-order chi connectivity index (χ1) is 9.35. The molecule has 0 bridgehead atoms. The Bertz CT molecular complexity index is 488. The Morgan fingerprint density at radius 1 is 1.11 bits per heavy atom. The smallest absolute Gasteiger partial charge is 0.139 e. The van der Waals surface area contributed by atoms with E-state index in [0.29, 0.717) is 0 Å². The number of benzene rings is 1. The summed E-state index contributed by atoms with van der Waals surface area (Å²) in [6, 6.07) is 8.19. The molecule has 102 valence electrons. The van der Waals surface area contributed by atoms with Crippen LogP contribution in [-0.4, -0.2) is 16.2 Å². The number of aromatic nitrogens is 2. The number of imidazole rings is 1. The van der Waals surface area contributed by atoms with Crippen molar-refractivity contribution in [2.45, 2.75) is 39.7 Å². The van der Waals surface area contributed by atoms with Crippen molar-refractivity contribution in [3.05, 3.63) is 36.7 Å². The predicted octanol–water partition coefficient (Wildman–Crippen LogP) is 4.14. The first kappa shape index (κ1) is 13.7. The third-order valence-electron chi connectivity index (χ3n) is 3.19. The first-order valence-electron chi connectivity index (χ1n) is 7.09. The summed E-state index contributed by atoms with van der Waals surface area (Å²) in [6.45, 7) is 6.06. The molecule has 0 fully saturated rings. The highest BCUT2D eigenvalue weighted by Gasteiger charge is 2.04. The van der Waals surface area contributed by atoms with Gasteiger partial charge in [-0.05, 0) is 37.6 Å². The average Bonchev–Trinajstić information content (AvgIpc) is 2.93. The van der Waals surface area contributed by atoms with Crippen molar-refractivity contribution < 1.29 is 4.74 Å². The van der Waals surface area contributed by atoms with Gasteiger partial charge in [0.1, 0.15) is 11.6 Å². The summed E-state index contributed by atoms with van der Waals surface area (Å²) in [4.78, 5) is 4.40. The molecule has 0 saturated heterocycles. The molecule has 1 aromatic carbocycles. The van der Waals surface area contributed by atoms with Gasteiger partial charge in [0.15, 0.2) is 0 Å². The second kappa shape index (κ2) is 6.98. The Morgan fingerprint density at radius 3 is 2.58 bits per heavy atom. The molecular formula is C16H22N2O. The maximum Gasteiger partial charge on any atom is 0.139 e. The van der Waals surface area contributed by atoms with Crippen LogP contribution >= 0.6 is 0 Å². The third-order valence-corrected chi connectivity index (χ3v) is 3.19. The number of hydrogen-bond acceptors (Lipinski definition) is 2. The maximum atomic E-state index is 5.71. The van der Waals surface area contributed by atoms with Gasteiger partial charge in [-0.15, -0.1) is 0 Å². The van der Waals surface area contributed by atoms with E-state index < -0.39 is 0 Å². The average molecular weight is 258 g/mol. The monoisotopic (exact) mass is 258 g/mol. The number of hydrogen-bond donors (Lipinski definition) is 0.